The zero-order chi connectivity index (χ0) is 14.1. The maximum Gasteiger partial charge on any atom is 0.114 e. The van der Waals surface area contributed by atoms with Gasteiger partial charge in [-0.3, -0.25) is 0 Å². The summed E-state index contributed by atoms with van der Waals surface area (Å²) in [4.78, 5) is 4.51. The van der Waals surface area contributed by atoms with E-state index in [9.17, 15) is 0 Å². The van der Waals surface area contributed by atoms with Crippen LogP contribution in [0.25, 0.3) is 6.20 Å². The van der Waals surface area contributed by atoms with Crippen LogP contribution < -0.4 is 0 Å². The number of nitrogens with zero attached hydrogens (tertiary/aromatic N) is 2. The van der Waals surface area contributed by atoms with Crippen LogP contribution in [0.4, 0.5) is 0 Å². The molecule has 2 aromatic carbocycles. The zero-order valence-corrected chi connectivity index (χ0v) is 11.7. The van der Waals surface area contributed by atoms with Crippen LogP contribution in [0.2, 0.25) is 0 Å². The summed E-state index contributed by atoms with van der Waals surface area (Å²) in [6.07, 6.45) is 9.18. The van der Waals surface area contributed by atoms with Gasteiger partial charge >= 0.3 is 0 Å². The first-order valence-electron chi connectivity index (χ1n) is 7.21. The van der Waals surface area contributed by atoms with Crippen LogP contribution in [-0.4, -0.2) is 9.55 Å². The van der Waals surface area contributed by atoms with E-state index < -0.39 is 0 Å². The SMILES string of the molecule is C1=CC(c2ccccc2)(c2ccccc2)Cc2nccn21. The molecule has 0 spiro atoms. The first kappa shape index (κ1) is 12.2. The lowest BCUT2D eigenvalue weighted by Gasteiger charge is -2.34. The third-order valence-electron chi connectivity index (χ3n) is 4.28. The number of aromatic nitrogens is 2. The van der Waals surface area contributed by atoms with E-state index in [4.69, 9.17) is 0 Å². The third kappa shape index (κ3) is 1.91. The van der Waals surface area contributed by atoms with Gasteiger partial charge in [-0.2, -0.15) is 0 Å². The van der Waals surface area contributed by atoms with Gasteiger partial charge in [0.1, 0.15) is 5.82 Å². The second kappa shape index (κ2) is 4.74. The Morgan fingerprint density at radius 1 is 0.857 bits per heavy atom. The van der Waals surface area contributed by atoms with E-state index in [1.165, 1.54) is 11.1 Å². The molecule has 3 aromatic rings. The molecule has 2 heteroatoms. The summed E-state index contributed by atoms with van der Waals surface area (Å²) in [5, 5.41) is 0. The van der Waals surface area contributed by atoms with Crippen LogP contribution >= 0.6 is 0 Å². The average molecular weight is 272 g/mol. The number of imidazole rings is 1. The van der Waals surface area contributed by atoms with Crippen LogP contribution in [0.1, 0.15) is 17.0 Å². The summed E-state index contributed by atoms with van der Waals surface area (Å²) in [5.74, 6) is 1.10. The van der Waals surface area contributed by atoms with Crippen molar-refractivity contribution < 1.29 is 0 Å². The lowest BCUT2D eigenvalue weighted by Crippen LogP contribution is -2.31. The Hall–Kier alpha value is -2.61. The predicted octanol–water partition coefficient (Wildman–Crippen LogP) is 3.90. The molecule has 0 saturated heterocycles. The highest BCUT2D eigenvalue weighted by molar-refractivity contribution is 5.51. The fourth-order valence-electron chi connectivity index (χ4n) is 3.17. The van der Waals surface area contributed by atoms with Crippen molar-refractivity contribution >= 4 is 6.20 Å². The van der Waals surface area contributed by atoms with E-state index in [2.05, 4.69) is 82.5 Å². The summed E-state index contributed by atoms with van der Waals surface area (Å²) >= 11 is 0. The van der Waals surface area contributed by atoms with Gasteiger partial charge in [-0.1, -0.05) is 66.7 Å². The normalized spacial score (nSPS) is 15.6. The summed E-state index contributed by atoms with van der Waals surface area (Å²) < 4.78 is 2.10. The molecule has 0 unspecified atom stereocenters. The molecule has 0 radical (unpaired) electrons. The minimum Gasteiger partial charge on any atom is -0.311 e. The second-order valence-corrected chi connectivity index (χ2v) is 5.45. The molecule has 4 rings (SSSR count). The van der Waals surface area contributed by atoms with Gasteiger partial charge in [-0.25, -0.2) is 4.98 Å². The largest absolute Gasteiger partial charge is 0.311 e. The van der Waals surface area contributed by atoms with Crippen LogP contribution in [0.5, 0.6) is 0 Å². The monoisotopic (exact) mass is 272 g/mol. The molecule has 0 amide bonds. The fraction of sp³-hybridized carbons (Fsp3) is 0.105. The maximum atomic E-state index is 4.51. The lowest BCUT2D eigenvalue weighted by molar-refractivity contribution is 0.594. The highest BCUT2D eigenvalue weighted by Crippen LogP contribution is 2.39. The van der Waals surface area contributed by atoms with Crippen LogP contribution in [0, 0.1) is 0 Å². The first-order valence-corrected chi connectivity index (χ1v) is 7.21. The van der Waals surface area contributed by atoms with Crippen molar-refractivity contribution in [2.24, 2.45) is 0 Å². The molecule has 1 aliphatic rings. The predicted molar refractivity (Wildman–Crippen MR) is 84.9 cm³/mol. The van der Waals surface area contributed by atoms with Gasteiger partial charge in [0.25, 0.3) is 0 Å². The van der Waals surface area contributed by atoms with E-state index in [1.54, 1.807) is 0 Å². The van der Waals surface area contributed by atoms with E-state index in [0.29, 0.717) is 0 Å². The van der Waals surface area contributed by atoms with Crippen molar-refractivity contribution in [1.29, 1.82) is 0 Å². The fourth-order valence-corrected chi connectivity index (χ4v) is 3.17. The molecule has 0 N–H and O–H groups in total. The van der Waals surface area contributed by atoms with Crippen LogP contribution in [-0.2, 0) is 11.8 Å². The van der Waals surface area contributed by atoms with Crippen molar-refractivity contribution in [3.8, 4) is 0 Å². The summed E-state index contributed by atoms with van der Waals surface area (Å²) in [5.41, 5.74) is 2.48. The van der Waals surface area contributed by atoms with Crippen molar-refractivity contribution in [2.75, 3.05) is 0 Å². The molecule has 1 aromatic heterocycles. The Balaban J connectivity index is 1.93. The smallest absolute Gasteiger partial charge is 0.114 e. The van der Waals surface area contributed by atoms with Crippen LogP contribution in [0.15, 0.2) is 79.1 Å². The molecule has 2 heterocycles. The maximum absolute atomic E-state index is 4.51. The Kier molecular flexibility index (Phi) is 2.74. The minimum atomic E-state index is -0.135. The molecule has 102 valence electrons. The molecule has 0 fully saturated rings. The Labute approximate surface area is 124 Å². The summed E-state index contributed by atoms with van der Waals surface area (Å²) in [6.45, 7) is 0. The topological polar surface area (TPSA) is 17.8 Å². The van der Waals surface area contributed by atoms with Crippen molar-refractivity contribution in [1.82, 2.24) is 9.55 Å². The van der Waals surface area contributed by atoms with Crippen molar-refractivity contribution in [3.05, 3.63) is 96.1 Å². The molecule has 0 atom stereocenters. The number of hydrogen-bond acceptors (Lipinski definition) is 1. The number of rotatable bonds is 2. The Morgan fingerprint density at radius 3 is 2.10 bits per heavy atom. The minimum absolute atomic E-state index is 0.135. The van der Waals surface area contributed by atoms with E-state index in [0.717, 1.165) is 12.2 Å². The van der Waals surface area contributed by atoms with Gasteiger partial charge in [0.2, 0.25) is 0 Å². The van der Waals surface area contributed by atoms with Gasteiger partial charge in [0.05, 0.1) is 0 Å². The molecule has 21 heavy (non-hydrogen) atoms. The first-order chi connectivity index (χ1) is 10.4. The second-order valence-electron chi connectivity index (χ2n) is 5.45. The van der Waals surface area contributed by atoms with Gasteiger partial charge in [-0.05, 0) is 11.1 Å². The van der Waals surface area contributed by atoms with Crippen molar-refractivity contribution in [3.63, 3.8) is 0 Å². The summed E-state index contributed by atoms with van der Waals surface area (Å²) in [6, 6.07) is 21.4. The molecule has 0 saturated carbocycles. The lowest BCUT2D eigenvalue weighted by atomic mass is 9.71. The van der Waals surface area contributed by atoms with Crippen molar-refractivity contribution in [2.45, 2.75) is 11.8 Å². The quantitative estimate of drug-likeness (QED) is 0.692. The molecular formula is C19H16N2. The van der Waals surface area contributed by atoms with E-state index >= 15 is 0 Å². The highest BCUT2D eigenvalue weighted by Gasteiger charge is 2.35. The number of allylic oxidation sites excluding steroid dienone is 1. The summed E-state index contributed by atoms with van der Waals surface area (Å²) in [7, 11) is 0. The molecule has 2 nitrogen and oxygen atoms in total. The van der Waals surface area contributed by atoms with Gasteiger partial charge < -0.3 is 4.57 Å². The van der Waals surface area contributed by atoms with Gasteiger partial charge in [-0.15, -0.1) is 0 Å². The Morgan fingerprint density at radius 2 is 1.48 bits per heavy atom. The van der Waals surface area contributed by atoms with Gasteiger partial charge in [0.15, 0.2) is 0 Å². The number of fused-ring (bicyclic) bond motifs is 1. The number of hydrogen-bond donors (Lipinski definition) is 0. The zero-order valence-electron chi connectivity index (χ0n) is 11.7. The average Bonchev–Trinajstić information content (AvgIpc) is 3.03. The highest BCUT2D eigenvalue weighted by atomic mass is 15.1. The molecule has 0 aliphatic carbocycles. The number of benzene rings is 2. The van der Waals surface area contributed by atoms with Gasteiger partial charge in [0, 0.05) is 30.4 Å². The molecule has 1 aliphatic heterocycles. The third-order valence-corrected chi connectivity index (χ3v) is 4.28. The standard InChI is InChI=1S/C19H16N2/c1-3-7-16(8-4-1)19(17-9-5-2-6-10-17)11-13-21-14-12-20-18(21)15-19/h1-14H,15H2. The molecule has 0 bridgehead atoms. The Bertz CT molecular complexity index is 730. The van der Waals surface area contributed by atoms with Crippen LogP contribution in [0.3, 0.4) is 0 Å². The molecular weight excluding hydrogens is 256 g/mol. The van der Waals surface area contributed by atoms with E-state index in [-0.39, 0.29) is 5.41 Å². The van der Waals surface area contributed by atoms with E-state index in [1.807, 2.05) is 12.4 Å².